The van der Waals surface area contributed by atoms with E-state index in [0.717, 1.165) is 24.8 Å². The fourth-order valence-electron chi connectivity index (χ4n) is 2.93. The molecule has 0 spiro atoms. The first kappa shape index (κ1) is 16.3. The summed E-state index contributed by atoms with van der Waals surface area (Å²) in [5, 5.41) is 9.20. The van der Waals surface area contributed by atoms with Crippen LogP contribution in [0.25, 0.3) is 0 Å². The molecular weight excluding hydrogens is 284 g/mol. The molecule has 1 N–H and O–H groups in total. The molecule has 1 heterocycles. The Bertz CT molecular complexity index is 552. The number of carbonyl (C=O) groups excluding carboxylic acids is 1. The Morgan fingerprint density at radius 2 is 2.14 bits per heavy atom. The lowest BCUT2D eigenvalue weighted by molar-refractivity contribution is -0.138. The first-order chi connectivity index (χ1) is 10.6. The first-order valence-electron chi connectivity index (χ1n) is 7.67. The van der Waals surface area contributed by atoms with Crippen LogP contribution in [0.15, 0.2) is 18.2 Å². The van der Waals surface area contributed by atoms with E-state index in [-0.39, 0.29) is 24.4 Å². The smallest absolute Gasteiger partial charge is 0.338 e. The summed E-state index contributed by atoms with van der Waals surface area (Å²) in [6.07, 6.45) is 3.28. The van der Waals surface area contributed by atoms with E-state index in [1.165, 1.54) is 0 Å². The highest BCUT2D eigenvalue weighted by atomic mass is 16.5. The van der Waals surface area contributed by atoms with Crippen LogP contribution in [0, 0.1) is 0 Å². The number of fused-ring (bicyclic) bond motifs is 1. The van der Waals surface area contributed by atoms with Crippen molar-refractivity contribution in [2.75, 3.05) is 7.11 Å². The first-order valence-corrected chi connectivity index (χ1v) is 7.67. The van der Waals surface area contributed by atoms with E-state index < -0.39 is 5.97 Å². The van der Waals surface area contributed by atoms with E-state index in [1.807, 2.05) is 0 Å². The molecule has 2 rings (SSSR count). The number of cyclic esters (lactones) is 1. The SMILES string of the molecule is CCCCC[C@H]1OC(=O)c2ccc(OC)cc2[C@H]1CC(=O)O. The van der Waals surface area contributed by atoms with Gasteiger partial charge in [-0.2, -0.15) is 0 Å². The molecule has 0 fully saturated rings. The lowest BCUT2D eigenvalue weighted by Crippen LogP contribution is -2.33. The molecule has 0 radical (unpaired) electrons. The lowest BCUT2D eigenvalue weighted by Gasteiger charge is -2.32. The summed E-state index contributed by atoms with van der Waals surface area (Å²) in [6.45, 7) is 2.10. The average Bonchev–Trinajstić information content (AvgIpc) is 2.50. The van der Waals surface area contributed by atoms with Gasteiger partial charge in [-0.05, 0) is 36.6 Å². The highest BCUT2D eigenvalue weighted by Gasteiger charge is 2.36. The molecule has 0 bridgehead atoms. The largest absolute Gasteiger partial charge is 0.497 e. The Balaban J connectivity index is 2.33. The van der Waals surface area contributed by atoms with Gasteiger partial charge in [0.2, 0.25) is 0 Å². The molecule has 0 aromatic heterocycles. The van der Waals surface area contributed by atoms with Gasteiger partial charge in [0.25, 0.3) is 0 Å². The monoisotopic (exact) mass is 306 g/mol. The maximum Gasteiger partial charge on any atom is 0.338 e. The molecule has 0 unspecified atom stereocenters. The number of unbranched alkanes of at least 4 members (excludes halogenated alkanes) is 2. The Kier molecular flexibility index (Phi) is 5.41. The van der Waals surface area contributed by atoms with Crippen molar-refractivity contribution in [2.24, 2.45) is 0 Å². The minimum absolute atomic E-state index is 0.0513. The van der Waals surface area contributed by atoms with E-state index >= 15 is 0 Å². The van der Waals surface area contributed by atoms with Gasteiger partial charge in [0.15, 0.2) is 0 Å². The van der Waals surface area contributed by atoms with Crippen molar-refractivity contribution in [2.45, 2.75) is 51.0 Å². The van der Waals surface area contributed by atoms with Crippen LogP contribution in [0.4, 0.5) is 0 Å². The highest BCUT2D eigenvalue weighted by Crippen LogP contribution is 2.38. The van der Waals surface area contributed by atoms with Gasteiger partial charge in [0, 0.05) is 5.92 Å². The van der Waals surface area contributed by atoms with Gasteiger partial charge in [-0.15, -0.1) is 0 Å². The molecule has 120 valence electrons. The van der Waals surface area contributed by atoms with Crippen LogP contribution in [-0.4, -0.2) is 30.3 Å². The van der Waals surface area contributed by atoms with Crippen LogP contribution < -0.4 is 4.74 Å². The standard InChI is InChI=1S/C17H22O5/c1-3-4-5-6-15-14(10-16(18)19)13-9-11(21-2)7-8-12(13)17(20)22-15/h7-9,14-15H,3-6,10H2,1-2H3,(H,18,19)/t14-,15-/m1/s1. The third-order valence-electron chi connectivity index (χ3n) is 4.07. The third kappa shape index (κ3) is 3.59. The number of carbonyl (C=O) groups is 2. The number of carboxylic acid groups (broad SMARTS) is 1. The second-order valence-electron chi connectivity index (χ2n) is 5.60. The zero-order valence-corrected chi connectivity index (χ0v) is 13.0. The number of hydrogen-bond donors (Lipinski definition) is 1. The fourth-order valence-corrected chi connectivity index (χ4v) is 2.93. The van der Waals surface area contributed by atoms with E-state index in [0.29, 0.717) is 17.7 Å². The van der Waals surface area contributed by atoms with E-state index in [1.54, 1.807) is 25.3 Å². The minimum atomic E-state index is -0.891. The highest BCUT2D eigenvalue weighted by molar-refractivity contribution is 5.93. The quantitative estimate of drug-likeness (QED) is 0.617. The van der Waals surface area contributed by atoms with Gasteiger partial charge in [-0.3, -0.25) is 4.79 Å². The molecule has 1 aromatic rings. The van der Waals surface area contributed by atoms with Crippen molar-refractivity contribution in [3.8, 4) is 5.75 Å². The van der Waals surface area contributed by atoms with Crippen LogP contribution >= 0.6 is 0 Å². The molecule has 0 aliphatic carbocycles. The molecule has 5 heteroatoms. The van der Waals surface area contributed by atoms with Crippen molar-refractivity contribution in [1.29, 1.82) is 0 Å². The molecule has 2 atom stereocenters. The Hall–Kier alpha value is -2.04. The van der Waals surface area contributed by atoms with Crippen molar-refractivity contribution in [3.63, 3.8) is 0 Å². The van der Waals surface area contributed by atoms with E-state index in [9.17, 15) is 14.7 Å². The Morgan fingerprint density at radius 3 is 2.77 bits per heavy atom. The summed E-state index contributed by atoms with van der Waals surface area (Å²) in [4.78, 5) is 23.4. The maximum absolute atomic E-state index is 12.1. The van der Waals surface area contributed by atoms with Gasteiger partial charge in [0.1, 0.15) is 11.9 Å². The van der Waals surface area contributed by atoms with Crippen molar-refractivity contribution < 1.29 is 24.2 Å². The molecule has 0 amide bonds. The van der Waals surface area contributed by atoms with Crippen LogP contribution in [0.5, 0.6) is 5.75 Å². The van der Waals surface area contributed by atoms with Crippen molar-refractivity contribution in [3.05, 3.63) is 29.3 Å². The van der Waals surface area contributed by atoms with Gasteiger partial charge in [-0.1, -0.05) is 19.8 Å². The summed E-state index contributed by atoms with van der Waals surface area (Å²) in [6, 6.07) is 5.10. The van der Waals surface area contributed by atoms with Crippen LogP contribution in [-0.2, 0) is 9.53 Å². The summed E-state index contributed by atoms with van der Waals surface area (Å²) in [5.74, 6) is -0.966. The number of carboxylic acids is 1. The average molecular weight is 306 g/mol. The van der Waals surface area contributed by atoms with Crippen LogP contribution in [0.3, 0.4) is 0 Å². The predicted octanol–water partition coefficient (Wildman–Crippen LogP) is 3.37. The minimum Gasteiger partial charge on any atom is -0.497 e. The normalized spacial score (nSPS) is 20.2. The number of hydrogen-bond acceptors (Lipinski definition) is 4. The van der Waals surface area contributed by atoms with Gasteiger partial charge in [0.05, 0.1) is 19.1 Å². The molecule has 1 aromatic carbocycles. The molecule has 1 aliphatic heterocycles. The molecular formula is C17H22O5. The maximum atomic E-state index is 12.1. The third-order valence-corrected chi connectivity index (χ3v) is 4.07. The van der Waals surface area contributed by atoms with E-state index in [2.05, 4.69) is 6.92 Å². The Labute approximate surface area is 130 Å². The molecule has 0 saturated carbocycles. The Morgan fingerprint density at radius 1 is 1.36 bits per heavy atom. The lowest BCUT2D eigenvalue weighted by atomic mass is 9.82. The number of rotatable bonds is 7. The van der Waals surface area contributed by atoms with Crippen LogP contribution in [0.2, 0.25) is 0 Å². The number of aliphatic carboxylic acids is 1. The topological polar surface area (TPSA) is 72.8 Å². The number of benzene rings is 1. The molecule has 0 saturated heterocycles. The number of methoxy groups -OCH3 is 1. The summed E-state index contributed by atoms with van der Waals surface area (Å²) in [5.41, 5.74) is 1.17. The second-order valence-corrected chi connectivity index (χ2v) is 5.60. The van der Waals surface area contributed by atoms with Gasteiger partial charge in [-0.25, -0.2) is 4.79 Å². The molecule has 22 heavy (non-hydrogen) atoms. The van der Waals surface area contributed by atoms with Gasteiger partial charge >= 0.3 is 11.9 Å². The van der Waals surface area contributed by atoms with Crippen molar-refractivity contribution in [1.82, 2.24) is 0 Å². The summed E-state index contributed by atoms with van der Waals surface area (Å²) in [7, 11) is 1.55. The fraction of sp³-hybridized carbons (Fsp3) is 0.529. The van der Waals surface area contributed by atoms with Gasteiger partial charge < -0.3 is 14.6 Å². The summed E-state index contributed by atoms with van der Waals surface area (Å²) >= 11 is 0. The zero-order chi connectivity index (χ0) is 16.1. The van der Waals surface area contributed by atoms with E-state index in [4.69, 9.17) is 9.47 Å². The summed E-state index contributed by atoms with van der Waals surface area (Å²) < 4.78 is 10.7. The van der Waals surface area contributed by atoms with Crippen LogP contribution in [0.1, 0.15) is 60.9 Å². The molecule has 5 nitrogen and oxygen atoms in total. The number of esters is 1. The number of ether oxygens (including phenoxy) is 2. The zero-order valence-electron chi connectivity index (χ0n) is 13.0. The molecule has 1 aliphatic rings. The second kappa shape index (κ2) is 7.29. The van der Waals surface area contributed by atoms with Crippen molar-refractivity contribution >= 4 is 11.9 Å². The predicted molar refractivity (Wildman–Crippen MR) is 81.3 cm³/mol.